The molecule has 3 aromatic carbocycles. The van der Waals surface area contributed by atoms with Crippen LogP contribution in [0.3, 0.4) is 0 Å². The smallest absolute Gasteiger partial charge is 0.317 e. The third kappa shape index (κ3) is 4.03. The van der Waals surface area contributed by atoms with Gasteiger partial charge in [-0.1, -0.05) is 72.0 Å². The second-order valence-corrected chi connectivity index (χ2v) is 10.2. The molecule has 2 bridgehead atoms. The Kier molecular flexibility index (Phi) is 5.68. The number of carbonyl (C=O) groups is 1. The van der Waals surface area contributed by atoms with Crippen LogP contribution >= 0.6 is 11.3 Å². The largest absolute Gasteiger partial charge is 0.489 e. The van der Waals surface area contributed by atoms with Gasteiger partial charge in [-0.05, 0) is 42.3 Å². The van der Waals surface area contributed by atoms with Crippen molar-refractivity contribution in [3.63, 3.8) is 0 Å². The lowest BCUT2D eigenvalue weighted by molar-refractivity contribution is -0.158. The van der Waals surface area contributed by atoms with Gasteiger partial charge in [-0.3, -0.25) is 14.2 Å². The van der Waals surface area contributed by atoms with Crippen molar-refractivity contribution in [1.29, 1.82) is 0 Å². The van der Waals surface area contributed by atoms with Crippen LogP contribution in [0.4, 0.5) is 0 Å². The number of fused-ring (bicyclic) bond motifs is 6. The summed E-state index contributed by atoms with van der Waals surface area (Å²) in [6.07, 6.45) is 1.83. The van der Waals surface area contributed by atoms with E-state index in [0.29, 0.717) is 21.7 Å². The maximum absolute atomic E-state index is 13.7. The van der Waals surface area contributed by atoms with Gasteiger partial charge in [-0.25, -0.2) is 4.99 Å². The summed E-state index contributed by atoms with van der Waals surface area (Å²) in [7, 11) is 1.34. The van der Waals surface area contributed by atoms with E-state index in [1.807, 2.05) is 84.9 Å². The average molecular weight is 513 g/mol. The van der Waals surface area contributed by atoms with Crippen molar-refractivity contribution in [2.75, 3.05) is 7.11 Å². The van der Waals surface area contributed by atoms with Crippen LogP contribution in [0.25, 0.3) is 6.08 Å². The summed E-state index contributed by atoms with van der Waals surface area (Å²) in [5.41, 5.74) is 1.33. The quantitative estimate of drug-likeness (QED) is 0.383. The molecule has 0 fully saturated rings. The van der Waals surface area contributed by atoms with Crippen molar-refractivity contribution in [2.24, 2.45) is 10.9 Å². The van der Waals surface area contributed by atoms with E-state index >= 15 is 0 Å². The number of hydrogen-bond acceptors (Lipinski definition) is 7. The summed E-state index contributed by atoms with van der Waals surface area (Å²) >= 11 is 1.28. The van der Waals surface area contributed by atoms with Gasteiger partial charge in [0.05, 0.1) is 17.7 Å². The highest BCUT2D eigenvalue weighted by Gasteiger charge is 2.55. The Bertz CT molecular complexity index is 1660. The van der Waals surface area contributed by atoms with Crippen molar-refractivity contribution < 1.29 is 19.0 Å². The summed E-state index contributed by atoms with van der Waals surface area (Å²) < 4.78 is 19.3. The Morgan fingerprint density at radius 2 is 1.81 bits per heavy atom. The topological polar surface area (TPSA) is 79.1 Å². The van der Waals surface area contributed by atoms with E-state index in [0.717, 1.165) is 22.4 Å². The first-order valence-electron chi connectivity index (χ1n) is 11.9. The van der Waals surface area contributed by atoms with Gasteiger partial charge in [0.1, 0.15) is 24.0 Å². The molecule has 0 amide bonds. The lowest BCUT2D eigenvalue weighted by atomic mass is 9.81. The van der Waals surface area contributed by atoms with Gasteiger partial charge in [0, 0.05) is 5.56 Å². The zero-order chi connectivity index (χ0) is 25.6. The number of thiazole rings is 1. The van der Waals surface area contributed by atoms with Crippen LogP contribution < -0.4 is 24.4 Å². The van der Waals surface area contributed by atoms with Crippen LogP contribution in [0.5, 0.6) is 11.5 Å². The molecular weight excluding hydrogens is 488 g/mol. The molecule has 186 valence electrons. The molecule has 8 heteroatoms. The molecule has 0 saturated heterocycles. The van der Waals surface area contributed by atoms with Gasteiger partial charge in [0.15, 0.2) is 4.80 Å². The standard InChI is InChI=1S/C29H24N2O5S/c1-29-24(27(33)34-2)25(21-10-6-7-11-22(21)36-29)31-26(32)23(37-28(31)30-29)16-18-12-14-20(15-13-18)35-17-19-8-4-3-5-9-19/h3-16,24-25H,17H2,1-2H3/b23-16+/t24-,25+,29-/m0/s1. The maximum Gasteiger partial charge on any atom is 0.317 e. The first-order valence-corrected chi connectivity index (χ1v) is 12.7. The van der Waals surface area contributed by atoms with Gasteiger partial charge >= 0.3 is 5.97 Å². The zero-order valence-corrected chi connectivity index (χ0v) is 21.1. The Hall–Kier alpha value is -4.17. The van der Waals surface area contributed by atoms with E-state index in [-0.39, 0.29) is 5.56 Å². The van der Waals surface area contributed by atoms with Crippen LogP contribution in [0, 0.1) is 5.92 Å². The summed E-state index contributed by atoms with van der Waals surface area (Å²) in [5.74, 6) is 0.0982. The molecule has 0 aliphatic carbocycles. The van der Waals surface area contributed by atoms with Crippen molar-refractivity contribution in [2.45, 2.75) is 25.3 Å². The van der Waals surface area contributed by atoms with Crippen LogP contribution in [0.15, 0.2) is 88.6 Å². The molecule has 1 aromatic heterocycles. The number of esters is 1. The molecule has 0 N–H and O–H groups in total. The highest BCUT2D eigenvalue weighted by Crippen LogP contribution is 2.47. The van der Waals surface area contributed by atoms with E-state index in [4.69, 9.17) is 19.2 Å². The minimum atomic E-state index is -1.18. The fourth-order valence-electron chi connectivity index (χ4n) is 4.98. The van der Waals surface area contributed by atoms with Gasteiger partial charge in [0.2, 0.25) is 5.72 Å². The normalized spacial score (nSPS) is 21.7. The van der Waals surface area contributed by atoms with E-state index in [1.54, 1.807) is 11.5 Å². The summed E-state index contributed by atoms with van der Waals surface area (Å²) in [6, 6.07) is 24.4. The Morgan fingerprint density at radius 3 is 2.57 bits per heavy atom. The molecule has 7 nitrogen and oxygen atoms in total. The van der Waals surface area contributed by atoms with Crippen molar-refractivity contribution in [3.8, 4) is 11.5 Å². The number of carbonyl (C=O) groups excluding carboxylic acids is 1. The predicted molar refractivity (Wildman–Crippen MR) is 139 cm³/mol. The predicted octanol–water partition coefficient (Wildman–Crippen LogP) is 3.44. The molecule has 0 radical (unpaired) electrons. The Morgan fingerprint density at radius 1 is 1.08 bits per heavy atom. The van der Waals surface area contributed by atoms with Gasteiger partial charge in [-0.15, -0.1) is 0 Å². The number of aromatic nitrogens is 1. The summed E-state index contributed by atoms with van der Waals surface area (Å²) in [5, 5.41) is 0. The third-order valence-corrected chi connectivity index (χ3v) is 7.74. The van der Waals surface area contributed by atoms with Crippen LogP contribution in [-0.4, -0.2) is 23.4 Å². The minimum Gasteiger partial charge on any atom is -0.489 e. The lowest BCUT2D eigenvalue weighted by Crippen LogP contribution is -2.58. The number of ether oxygens (including phenoxy) is 3. The van der Waals surface area contributed by atoms with E-state index in [1.165, 1.54) is 18.4 Å². The van der Waals surface area contributed by atoms with E-state index in [9.17, 15) is 9.59 Å². The minimum absolute atomic E-state index is 0.203. The number of benzene rings is 3. The fraction of sp³-hybridized carbons (Fsp3) is 0.207. The molecule has 2 aliphatic heterocycles. The average Bonchev–Trinajstić information content (AvgIpc) is 3.21. The molecule has 2 aliphatic rings. The molecule has 6 rings (SSSR count). The number of nitrogens with zero attached hydrogens (tertiary/aromatic N) is 2. The van der Waals surface area contributed by atoms with Crippen LogP contribution in [0.1, 0.15) is 29.7 Å². The number of hydrogen-bond donors (Lipinski definition) is 0. The lowest BCUT2D eigenvalue weighted by Gasteiger charge is -2.44. The maximum atomic E-state index is 13.7. The first kappa shape index (κ1) is 23.2. The molecule has 37 heavy (non-hydrogen) atoms. The van der Waals surface area contributed by atoms with E-state index in [2.05, 4.69) is 0 Å². The van der Waals surface area contributed by atoms with E-state index < -0.39 is 23.7 Å². The second kappa shape index (κ2) is 9.05. The van der Waals surface area contributed by atoms with Gasteiger partial charge in [-0.2, -0.15) is 0 Å². The molecule has 3 heterocycles. The number of methoxy groups -OCH3 is 1. The molecule has 0 saturated carbocycles. The monoisotopic (exact) mass is 512 g/mol. The molecule has 3 atom stereocenters. The number of para-hydroxylation sites is 1. The first-order chi connectivity index (χ1) is 18.0. The molecule has 0 unspecified atom stereocenters. The second-order valence-electron chi connectivity index (χ2n) is 9.16. The van der Waals surface area contributed by atoms with Gasteiger partial charge in [0.25, 0.3) is 5.56 Å². The Balaban J connectivity index is 1.38. The Labute approximate surface area is 216 Å². The highest BCUT2D eigenvalue weighted by molar-refractivity contribution is 7.07. The van der Waals surface area contributed by atoms with Crippen molar-refractivity contribution >= 4 is 23.4 Å². The fourth-order valence-corrected chi connectivity index (χ4v) is 6.08. The highest BCUT2D eigenvalue weighted by atomic mass is 32.1. The summed E-state index contributed by atoms with van der Waals surface area (Å²) in [6.45, 7) is 2.25. The molecular formula is C29H24N2O5S. The summed E-state index contributed by atoms with van der Waals surface area (Å²) in [4.78, 5) is 31.8. The molecule has 4 aromatic rings. The van der Waals surface area contributed by atoms with Gasteiger partial charge < -0.3 is 14.2 Å². The number of rotatable bonds is 5. The third-order valence-electron chi connectivity index (χ3n) is 6.76. The molecule has 0 spiro atoms. The van der Waals surface area contributed by atoms with Crippen LogP contribution in [0.2, 0.25) is 0 Å². The van der Waals surface area contributed by atoms with Crippen LogP contribution in [-0.2, 0) is 16.1 Å². The van der Waals surface area contributed by atoms with Crippen molar-refractivity contribution in [3.05, 3.63) is 115 Å². The SMILES string of the molecule is COC(=O)[C@@H]1[C@H]2c3ccccc3O[C@]1(C)N=c1s/c(=C/c3ccc(OCc4ccccc4)cc3)c(=O)n12. The zero-order valence-electron chi connectivity index (χ0n) is 20.3. The van der Waals surface area contributed by atoms with Crippen molar-refractivity contribution in [1.82, 2.24) is 4.57 Å².